The zero-order valence-electron chi connectivity index (χ0n) is 9.13. The number of fused-ring (bicyclic) bond motifs is 1. The minimum Gasteiger partial charge on any atom is -0.268 e. The molecule has 1 aromatic heterocycles. The van der Waals surface area contributed by atoms with Crippen molar-refractivity contribution >= 4 is 29.1 Å². The third kappa shape index (κ3) is 1.50. The number of aromatic nitrogens is 1. The fourth-order valence-corrected chi connectivity index (χ4v) is 2.10. The Balaban J connectivity index is 2.12. The Morgan fingerprint density at radius 3 is 2.61 bits per heavy atom. The molecule has 2 aromatic rings. The van der Waals surface area contributed by atoms with Crippen molar-refractivity contribution in [3.05, 3.63) is 58.9 Å². The first-order valence-corrected chi connectivity index (χ1v) is 5.65. The van der Waals surface area contributed by atoms with E-state index in [0.29, 0.717) is 16.3 Å². The van der Waals surface area contributed by atoms with E-state index in [2.05, 4.69) is 4.98 Å². The van der Waals surface area contributed by atoms with Crippen molar-refractivity contribution < 1.29 is 9.59 Å². The number of pyridine rings is 1. The molecule has 0 unspecified atom stereocenters. The van der Waals surface area contributed by atoms with Crippen LogP contribution < -0.4 is 4.90 Å². The highest BCUT2D eigenvalue weighted by molar-refractivity contribution is 6.35. The Kier molecular flexibility index (Phi) is 2.38. The number of nitrogens with zero attached hydrogens (tertiary/aromatic N) is 2. The van der Waals surface area contributed by atoms with Crippen LogP contribution in [0.3, 0.4) is 0 Å². The van der Waals surface area contributed by atoms with Gasteiger partial charge in [-0.1, -0.05) is 17.7 Å². The second kappa shape index (κ2) is 3.92. The van der Waals surface area contributed by atoms with Crippen molar-refractivity contribution in [1.29, 1.82) is 0 Å². The minimum atomic E-state index is -0.419. The number of anilines is 1. The van der Waals surface area contributed by atoms with Gasteiger partial charge in [0.1, 0.15) is 5.69 Å². The van der Waals surface area contributed by atoms with E-state index in [1.54, 1.807) is 36.4 Å². The highest BCUT2D eigenvalue weighted by atomic mass is 35.5. The second-order valence-corrected chi connectivity index (χ2v) is 4.26. The number of amides is 2. The molecule has 0 atom stereocenters. The van der Waals surface area contributed by atoms with Gasteiger partial charge in [-0.15, -0.1) is 0 Å². The molecule has 3 rings (SSSR count). The van der Waals surface area contributed by atoms with Crippen molar-refractivity contribution in [3.63, 3.8) is 0 Å². The summed E-state index contributed by atoms with van der Waals surface area (Å²) in [6, 6.07) is 9.82. The minimum absolute atomic E-state index is 0.183. The van der Waals surface area contributed by atoms with E-state index in [0.717, 1.165) is 4.90 Å². The van der Waals surface area contributed by atoms with Gasteiger partial charge >= 0.3 is 0 Å². The Morgan fingerprint density at radius 2 is 1.89 bits per heavy atom. The van der Waals surface area contributed by atoms with Crippen molar-refractivity contribution in [3.8, 4) is 0 Å². The summed E-state index contributed by atoms with van der Waals surface area (Å²) in [5.41, 5.74) is 0.959. The summed E-state index contributed by atoms with van der Waals surface area (Å²) in [6.07, 6.45) is 1.49. The molecule has 0 bridgehead atoms. The molecule has 2 amide bonds. The van der Waals surface area contributed by atoms with E-state index in [1.807, 2.05) is 0 Å². The van der Waals surface area contributed by atoms with Crippen molar-refractivity contribution in [2.24, 2.45) is 0 Å². The average Bonchev–Trinajstić information content (AvgIpc) is 2.63. The largest absolute Gasteiger partial charge is 0.284 e. The third-order valence-electron chi connectivity index (χ3n) is 2.71. The molecule has 5 heteroatoms. The van der Waals surface area contributed by atoms with E-state index < -0.39 is 5.91 Å². The van der Waals surface area contributed by atoms with Gasteiger partial charge in [-0.2, -0.15) is 0 Å². The first-order valence-electron chi connectivity index (χ1n) is 5.28. The number of halogens is 1. The van der Waals surface area contributed by atoms with E-state index >= 15 is 0 Å². The standard InChI is InChI=1S/C13H7ClN2O2/c14-8-3-1-4-9(7-8)16-12(17)10-5-2-6-15-11(10)13(16)18/h1-7H. The van der Waals surface area contributed by atoms with E-state index in [-0.39, 0.29) is 11.6 Å². The fourth-order valence-electron chi connectivity index (χ4n) is 1.92. The fraction of sp³-hybridized carbons (Fsp3) is 0. The number of carbonyl (C=O) groups is 2. The molecule has 1 aliphatic heterocycles. The predicted octanol–water partition coefficient (Wildman–Crippen LogP) is 2.54. The molecule has 4 nitrogen and oxygen atoms in total. The molecule has 0 saturated heterocycles. The molecule has 0 spiro atoms. The van der Waals surface area contributed by atoms with Gasteiger partial charge in [-0.3, -0.25) is 14.6 Å². The first-order chi connectivity index (χ1) is 8.68. The molecule has 0 aliphatic carbocycles. The van der Waals surface area contributed by atoms with Crippen LogP contribution in [0.25, 0.3) is 0 Å². The highest BCUT2D eigenvalue weighted by Gasteiger charge is 2.37. The normalized spacial score (nSPS) is 13.9. The summed E-state index contributed by atoms with van der Waals surface area (Å²) >= 11 is 5.87. The number of benzene rings is 1. The zero-order chi connectivity index (χ0) is 12.7. The summed E-state index contributed by atoms with van der Waals surface area (Å²) in [5, 5.41) is 0.469. The SMILES string of the molecule is O=C1c2cccnc2C(=O)N1c1cccc(Cl)c1. The zero-order valence-corrected chi connectivity index (χ0v) is 9.89. The third-order valence-corrected chi connectivity index (χ3v) is 2.95. The van der Waals surface area contributed by atoms with Crippen LogP contribution in [0.1, 0.15) is 20.8 Å². The molecule has 1 aliphatic rings. The lowest BCUT2D eigenvalue weighted by Crippen LogP contribution is -2.29. The van der Waals surface area contributed by atoms with Gasteiger partial charge in [-0.25, -0.2) is 4.90 Å². The first kappa shape index (κ1) is 10.9. The molecule has 0 radical (unpaired) electrons. The average molecular weight is 259 g/mol. The van der Waals surface area contributed by atoms with Crippen LogP contribution in [-0.2, 0) is 0 Å². The van der Waals surface area contributed by atoms with Crippen LogP contribution in [-0.4, -0.2) is 16.8 Å². The van der Waals surface area contributed by atoms with Gasteiger partial charge in [0, 0.05) is 11.2 Å². The highest BCUT2D eigenvalue weighted by Crippen LogP contribution is 2.28. The van der Waals surface area contributed by atoms with Crippen LogP contribution in [0, 0.1) is 0 Å². The van der Waals surface area contributed by atoms with Crippen LogP contribution in [0.2, 0.25) is 5.02 Å². The second-order valence-electron chi connectivity index (χ2n) is 3.83. The smallest absolute Gasteiger partial charge is 0.268 e. The molecule has 18 heavy (non-hydrogen) atoms. The number of hydrogen-bond donors (Lipinski definition) is 0. The lowest BCUT2D eigenvalue weighted by atomic mass is 10.2. The summed E-state index contributed by atoms with van der Waals surface area (Å²) in [5.74, 6) is -0.789. The number of carbonyl (C=O) groups excluding carboxylic acids is 2. The quantitative estimate of drug-likeness (QED) is 0.739. The topological polar surface area (TPSA) is 50.3 Å². The summed E-state index contributed by atoms with van der Waals surface area (Å²) in [7, 11) is 0. The van der Waals surface area contributed by atoms with Gasteiger partial charge in [0.15, 0.2) is 0 Å². The molecule has 1 aromatic carbocycles. The predicted molar refractivity (Wildman–Crippen MR) is 66.8 cm³/mol. The van der Waals surface area contributed by atoms with Crippen molar-refractivity contribution in [2.45, 2.75) is 0 Å². The Bertz CT molecular complexity index is 635. The maximum absolute atomic E-state index is 12.1. The Morgan fingerprint density at radius 1 is 1.06 bits per heavy atom. The molecule has 0 saturated carbocycles. The van der Waals surface area contributed by atoms with Crippen molar-refractivity contribution in [2.75, 3.05) is 4.90 Å². The number of hydrogen-bond acceptors (Lipinski definition) is 3. The van der Waals surface area contributed by atoms with E-state index in [4.69, 9.17) is 11.6 Å². The molecular formula is C13H7ClN2O2. The van der Waals surface area contributed by atoms with Crippen LogP contribution in [0.5, 0.6) is 0 Å². The van der Waals surface area contributed by atoms with Gasteiger partial charge in [0.05, 0.1) is 11.3 Å². The van der Waals surface area contributed by atoms with E-state index in [1.165, 1.54) is 6.20 Å². The molecule has 88 valence electrons. The van der Waals surface area contributed by atoms with E-state index in [9.17, 15) is 9.59 Å². The summed E-state index contributed by atoms with van der Waals surface area (Å²) in [6.45, 7) is 0. The molecule has 0 N–H and O–H groups in total. The van der Waals surface area contributed by atoms with Gasteiger partial charge < -0.3 is 0 Å². The molecular weight excluding hydrogens is 252 g/mol. The number of imide groups is 1. The van der Waals surface area contributed by atoms with Crippen LogP contribution >= 0.6 is 11.6 Å². The van der Waals surface area contributed by atoms with Crippen LogP contribution in [0.15, 0.2) is 42.6 Å². The van der Waals surface area contributed by atoms with Gasteiger partial charge in [-0.05, 0) is 30.3 Å². The lowest BCUT2D eigenvalue weighted by molar-refractivity contribution is 0.0925. The number of rotatable bonds is 1. The Hall–Kier alpha value is -2.20. The summed E-state index contributed by atoms with van der Waals surface area (Å²) < 4.78 is 0. The molecule has 2 heterocycles. The van der Waals surface area contributed by atoms with Crippen LogP contribution in [0.4, 0.5) is 5.69 Å². The monoisotopic (exact) mass is 258 g/mol. The summed E-state index contributed by atoms with van der Waals surface area (Å²) in [4.78, 5) is 29.3. The molecule has 0 fully saturated rings. The van der Waals surface area contributed by atoms with Gasteiger partial charge in [0.2, 0.25) is 0 Å². The maximum Gasteiger partial charge on any atom is 0.284 e. The van der Waals surface area contributed by atoms with Crippen molar-refractivity contribution in [1.82, 2.24) is 4.98 Å². The maximum atomic E-state index is 12.1. The Labute approximate surface area is 108 Å². The van der Waals surface area contributed by atoms with Gasteiger partial charge in [0.25, 0.3) is 11.8 Å². The lowest BCUT2D eigenvalue weighted by Gasteiger charge is -2.13.